The zero-order chi connectivity index (χ0) is 19.9. The maximum absolute atomic E-state index is 2.58. The van der Waals surface area contributed by atoms with E-state index in [1.165, 1.54) is 115 Å². The Labute approximate surface area is 180 Å². The third-order valence-corrected chi connectivity index (χ3v) is 8.30. The van der Waals surface area contributed by atoms with E-state index < -0.39 is 0 Å². The molecule has 0 aliphatic heterocycles. The van der Waals surface area contributed by atoms with Gasteiger partial charge in [0.2, 0.25) is 0 Å². The Hall–Kier alpha value is -0.591. The molecule has 2 rings (SSSR count). The van der Waals surface area contributed by atoms with Crippen LogP contribution in [0.3, 0.4) is 0 Å². The summed E-state index contributed by atoms with van der Waals surface area (Å²) in [4.78, 5) is 0. The van der Waals surface area contributed by atoms with E-state index in [-0.39, 0.29) is 0 Å². The number of fused-ring (bicyclic) bond motifs is 1. The summed E-state index contributed by atoms with van der Waals surface area (Å²) in [7, 11) is 0. The minimum atomic E-state index is 0.561. The monoisotopic (exact) mass is 450 g/mol. The average Bonchev–Trinajstić information content (AvgIpc) is 3.03. The number of hydrogen-bond acceptors (Lipinski definition) is 0. The van der Waals surface area contributed by atoms with Crippen molar-refractivity contribution in [3.05, 3.63) is 28.8 Å². The summed E-state index contributed by atoms with van der Waals surface area (Å²) >= 11 is 0.561. The van der Waals surface area contributed by atoms with Gasteiger partial charge in [-0.1, -0.05) is 51.9 Å². The van der Waals surface area contributed by atoms with Crippen LogP contribution in [-0.2, 0) is 6.54 Å². The van der Waals surface area contributed by atoms with Gasteiger partial charge < -0.3 is 0 Å². The van der Waals surface area contributed by atoms with E-state index in [1.807, 2.05) is 0 Å². The molecule has 0 bridgehead atoms. The van der Waals surface area contributed by atoms with E-state index in [9.17, 15) is 0 Å². The van der Waals surface area contributed by atoms with Crippen molar-refractivity contribution in [1.29, 1.82) is 0 Å². The molecule has 0 radical (unpaired) electrons. The number of aromatic nitrogens is 1. The third kappa shape index (κ3) is 9.27. The molecule has 0 atom stereocenters. The molecule has 0 fully saturated rings. The predicted octanol–water partition coefficient (Wildman–Crippen LogP) is 7.75. The van der Waals surface area contributed by atoms with Gasteiger partial charge in [-0.3, -0.25) is 0 Å². The first kappa shape index (κ1) is 23.7. The van der Waals surface area contributed by atoms with Crippen LogP contribution in [0.1, 0.15) is 114 Å². The van der Waals surface area contributed by atoms with Crippen molar-refractivity contribution in [3.8, 4) is 0 Å². The Morgan fingerprint density at radius 1 is 0.643 bits per heavy atom. The molecule has 158 valence electrons. The number of unbranched alkanes of at least 4 members (excludes halogenated alkanes) is 15. The molecule has 0 spiro atoms. The first-order valence-corrected chi connectivity index (χ1v) is 13.9. The van der Waals surface area contributed by atoms with Gasteiger partial charge in [0.25, 0.3) is 0 Å². The molecule has 0 aliphatic carbocycles. The van der Waals surface area contributed by atoms with Crippen molar-refractivity contribution in [1.82, 2.24) is 0 Å². The summed E-state index contributed by atoms with van der Waals surface area (Å²) < 4.78 is 5.75. The zero-order valence-electron chi connectivity index (χ0n) is 18.7. The summed E-state index contributed by atoms with van der Waals surface area (Å²) in [5.41, 5.74) is 1.49. The molecule has 0 amide bonds. The standard InChI is InChI=1S/C26H44NSe/c1-3-4-5-6-7-8-9-10-11-12-13-14-15-16-17-20-23-27-24(2)28-26-22-19-18-21-25(26)27/h18-19,21-22H,3-17,20,23H2,1-2H3/q+1. The molecule has 0 saturated carbocycles. The first-order chi connectivity index (χ1) is 13.8. The van der Waals surface area contributed by atoms with Crippen LogP contribution in [0.4, 0.5) is 0 Å². The van der Waals surface area contributed by atoms with Crippen molar-refractivity contribution in [2.45, 2.75) is 123 Å². The van der Waals surface area contributed by atoms with Crippen LogP contribution in [-0.4, -0.2) is 14.5 Å². The number of benzene rings is 1. The molecular formula is C26H44NSe+. The molecule has 1 heterocycles. The van der Waals surface area contributed by atoms with Crippen LogP contribution >= 0.6 is 0 Å². The quantitative estimate of drug-likeness (QED) is 0.132. The Kier molecular flexibility index (Phi) is 12.9. The first-order valence-electron chi connectivity index (χ1n) is 12.2. The molecule has 1 aromatic heterocycles. The normalized spacial score (nSPS) is 11.5. The van der Waals surface area contributed by atoms with Crippen LogP contribution in [0.2, 0.25) is 0 Å². The molecule has 1 aromatic carbocycles. The van der Waals surface area contributed by atoms with Crippen LogP contribution in [0.25, 0.3) is 9.78 Å². The summed E-state index contributed by atoms with van der Waals surface area (Å²) in [6.07, 6.45) is 23.1. The molecule has 2 heteroatoms. The van der Waals surface area contributed by atoms with Gasteiger partial charge in [0.05, 0.1) is 0 Å². The number of nitrogens with zero attached hydrogens (tertiary/aromatic N) is 1. The van der Waals surface area contributed by atoms with E-state index in [1.54, 1.807) is 8.83 Å². The van der Waals surface area contributed by atoms with Crippen LogP contribution < -0.4 is 4.57 Å². The topological polar surface area (TPSA) is 3.88 Å². The SMILES string of the molecule is CCCCCCCCCCCCCCCCCC[n+]1c(C)[se]c2ccccc21. The van der Waals surface area contributed by atoms with Gasteiger partial charge in [0.15, 0.2) is 0 Å². The fourth-order valence-electron chi connectivity index (χ4n) is 4.25. The Bertz CT molecular complexity index is 630. The summed E-state index contributed by atoms with van der Waals surface area (Å²) in [6, 6.07) is 8.99. The third-order valence-electron chi connectivity index (χ3n) is 6.03. The fraction of sp³-hybridized carbons (Fsp3) is 0.731. The van der Waals surface area contributed by atoms with Crippen LogP contribution in [0.5, 0.6) is 0 Å². The van der Waals surface area contributed by atoms with Gasteiger partial charge in [0.1, 0.15) is 0 Å². The van der Waals surface area contributed by atoms with Crippen molar-refractivity contribution < 1.29 is 4.57 Å². The van der Waals surface area contributed by atoms with E-state index in [0.29, 0.717) is 14.5 Å². The second-order valence-electron chi connectivity index (χ2n) is 8.54. The van der Waals surface area contributed by atoms with Gasteiger partial charge in [-0.2, -0.15) is 0 Å². The second kappa shape index (κ2) is 15.3. The van der Waals surface area contributed by atoms with Gasteiger partial charge in [-0.15, -0.1) is 0 Å². The molecular weight excluding hydrogens is 405 g/mol. The molecule has 0 unspecified atom stereocenters. The number of rotatable bonds is 17. The molecule has 0 saturated heterocycles. The molecule has 1 nitrogen and oxygen atoms in total. The van der Waals surface area contributed by atoms with E-state index in [4.69, 9.17) is 0 Å². The number of aryl methyl sites for hydroxylation is 2. The van der Waals surface area contributed by atoms with Crippen LogP contribution in [0, 0.1) is 6.92 Å². The average molecular weight is 450 g/mol. The van der Waals surface area contributed by atoms with E-state index >= 15 is 0 Å². The summed E-state index contributed by atoms with van der Waals surface area (Å²) in [6.45, 7) is 5.85. The molecule has 0 N–H and O–H groups in total. The van der Waals surface area contributed by atoms with Crippen molar-refractivity contribution >= 4 is 24.3 Å². The Morgan fingerprint density at radius 3 is 1.64 bits per heavy atom. The molecule has 28 heavy (non-hydrogen) atoms. The number of hydrogen-bond donors (Lipinski definition) is 0. The number of para-hydroxylation sites is 1. The molecule has 2 aromatic rings. The Balaban J connectivity index is 1.38. The van der Waals surface area contributed by atoms with Gasteiger partial charge in [-0.25, -0.2) is 0 Å². The maximum atomic E-state index is 2.58. The summed E-state index contributed by atoms with van der Waals surface area (Å²) in [5.74, 6) is 0. The van der Waals surface area contributed by atoms with Gasteiger partial charge in [-0.05, 0) is 0 Å². The van der Waals surface area contributed by atoms with Crippen molar-refractivity contribution in [2.75, 3.05) is 0 Å². The zero-order valence-corrected chi connectivity index (χ0v) is 20.4. The predicted molar refractivity (Wildman–Crippen MR) is 125 cm³/mol. The van der Waals surface area contributed by atoms with Gasteiger partial charge in [0, 0.05) is 0 Å². The minimum absolute atomic E-state index is 0.561. The van der Waals surface area contributed by atoms with Crippen molar-refractivity contribution in [3.63, 3.8) is 0 Å². The summed E-state index contributed by atoms with van der Waals surface area (Å²) in [5, 5.41) is 0. The van der Waals surface area contributed by atoms with Gasteiger partial charge >= 0.3 is 129 Å². The van der Waals surface area contributed by atoms with Crippen molar-refractivity contribution in [2.24, 2.45) is 0 Å². The molecule has 0 aliphatic rings. The van der Waals surface area contributed by atoms with Crippen LogP contribution in [0.15, 0.2) is 24.3 Å². The van der Waals surface area contributed by atoms with E-state index in [2.05, 4.69) is 42.7 Å². The fourth-order valence-corrected chi connectivity index (χ4v) is 6.44. The second-order valence-corrected chi connectivity index (χ2v) is 11.1. The van der Waals surface area contributed by atoms with E-state index in [0.717, 1.165) is 0 Å². The Morgan fingerprint density at radius 2 is 1.11 bits per heavy atom.